The average molecular weight is 383 g/mol. The van der Waals surface area contributed by atoms with Crippen LogP contribution in [0.3, 0.4) is 0 Å². The second-order valence-electron chi connectivity index (χ2n) is 8.08. The van der Waals surface area contributed by atoms with Crippen LogP contribution in [-0.4, -0.2) is 50.1 Å². The van der Waals surface area contributed by atoms with Crippen LogP contribution in [0.4, 0.5) is 0 Å². The van der Waals surface area contributed by atoms with E-state index in [-0.39, 0.29) is 11.5 Å². The lowest BCUT2D eigenvalue weighted by Gasteiger charge is -2.32. The molecule has 1 saturated carbocycles. The fraction of sp³-hybridized carbons (Fsp3) is 0.600. The van der Waals surface area contributed by atoms with Crippen LogP contribution in [-0.2, 0) is 13.1 Å². The van der Waals surface area contributed by atoms with Gasteiger partial charge in [0.15, 0.2) is 0 Å². The molecule has 2 aromatic rings. The van der Waals surface area contributed by atoms with Gasteiger partial charge in [0.2, 0.25) is 5.88 Å². The highest BCUT2D eigenvalue weighted by Gasteiger charge is 2.30. The molecule has 1 amide bonds. The van der Waals surface area contributed by atoms with Crippen LogP contribution in [0.5, 0.6) is 5.88 Å². The van der Waals surface area contributed by atoms with Crippen molar-refractivity contribution in [3.05, 3.63) is 39.9 Å². The van der Waals surface area contributed by atoms with E-state index >= 15 is 0 Å². The Morgan fingerprint density at radius 1 is 1.14 bits per heavy atom. The Balaban J connectivity index is 1.22. The SMILES string of the molecule is O=C(c1cnn2c1OCCC2)N1CCC(Cn2nc(C3CC3)ccc2=O)CC1. The number of fused-ring (bicyclic) bond motifs is 1. The lowest BCUT2D eigenvalue weighted by molar-refractivity contribution is 0.0673. The zero-order chi connectivity index (χ0) is 19.1. The van der Waals surface area contributed by atoms with Crippen LogP contribution in [0.15, 0.2) is 23.1 Å². The smallest absolute Gasteiger partial charge is 0.266 e. The Labute approximate surface area is 163 Å². The third kappa shape index (κ3) is 3.31. The van der Waals surface area contributed by atoms with Crippen molar-refractivity contribution in [2.45, 2.75) is 51.1 Å². The molecule has 148 valence electrons. The molecule has 3 aliphatic rings. The monoisotopic (exact) mass is 383 g/mol. The maximum atomic E-state index is 12.9. The Kier molecular flexibility index (Phi) is 4.41. The van der Waals surface area contributed by atoms with Crippen LogP contribution in [0.25, 0.3) is 0 Å². The summed E-state index contributed by atoms with van der Waals surface area (Å²) in [7, 11) is 0. The fourth-order valence-electron chi connectivity index (χ4n) is 4.14. The Hall–Kier alpha value is -2.64. The minimum atomic E-state index is -0.0356. The Bertz CT molecular complexity index is 938. The number of amides is 1. The Morgan fingerprint density at radius 2 is 1.96 bits per heavy atom. The van der Waals surface area contributed by atoms with E-state index in [4.69, 9.17) is 4.74 Å². The molecule has 1 saturated heterocycles. The first-order valence-corrected chi connectivity index (χ1v) is 10.2. The number of carbonyl (C=O) groups is 1. The molecule has 2 aromatic heterocycles. The molecule has 0 N–H and O–H groups in total. The third-order valence-electron chi connectivity index (χ3n) is 5.99. The van der Waals surface area contributed by atoms with Gasteiger partial charge < -0.3 is 9.64 Å². The molecule has 8 nitrogen and oxygen atoms in total. The van der Waals surface area contributed by atoms with Gasteiger partial charge in [0.1, 0.15) is 5.56 Å². The molecule has 2 fully saturated rings. The molecular weight excluding hydrogens is 358 g/mol. The molecule has 0 unspecified atom stereocenters. The lowest BCUT2D eigenvalue weighted by Crippen LogP contribution is -2.40. The number of ether oxygens (including phenoxy) is 1. The van der Waals surface area contributed by atoms with E-state index in [2.05, 4.69) is 10.2 Å². The third-order valence-corrected chi connectivity index (χ3v) is 5.99. The minimum absolute atomic E-state index is 0.00683. The van der Waals surface area contributed by atoms with Gasteiger partial charge in [0.25, 0.3) is 11.5 Å². The maximum absolute atomic E-state index is 12.9. The van der Waals surface area contributed by atoms with Gasteiger partial charge in [0.05, 0.1) is 18.5 Å². The second kappa shape index (κ2) is 7.07. The lowest BCUT2D eigenvalue weighted by atomic mass is 9.96. The van der Waals surface area contributed by atoms with Gasteiger partial charge in [-0.3, -0.25) is 9.59 Å². The molecule has 28 heavy (non-hydrogen) atoms. The summed E-state index contributed by atoms with van der Waals surface area (Å²) in [6, 6.07) is 3.51. The van der Waals surface area contributed by atoms with Crippen molar-refractivity contribution in [2.75, 3.05) is 19.7 Å². The largest absolute Gasteiger partial charge is 0.477 e. The molecule has 0 spiro atoms. The van der Waals surface area contributed by atoms with E-state index < -0.39 is 0 Å². The van der Waals surface area contributed by atoms with E-state index in [0.717, 1.165) is 31.5 Å². The number of rotatable bonds is 4. The number of nitrogens with zero attached hydrogens (tertiary/aromatic N) is 5. The van der Waals surface area contributed by atoms with Crippen molar-refractivity contribution >= 4 is 5.91 Å². The topological polar surface area (TPSA) is 82.2 Å². The Morgan fingerprint density at radius 3 is 2.75 bits per heavy atom. The van der Waals surface area contributed by atoms with Gasteiger partial charge in [-0.2, -0.15) is 10.2 Å². The summed E-state index contributed by atoms with van der Waals surface area (Å²) in [6.45, 7) is 3.44. The molecule has 5 rings (SSSR count). The van der Waals surface area contributed by atoms with Crippen molar-refractivity contribution in [3.8, 4) is 5.88 Å². The molecule has 0 aromatic carbocycles. The van der Waals surface area contributed by atoms with Crippen LogP contribution >= 0.6 is 0 Å². The highest BCUT2D eigenvalue weighted by Crippen LogP contribution is 2.38. The quantitative estimate of drug-likeness (QED) is 0.802. The highest BCUT2D eigenvalue weighted by molar-refractivity contribution is 5.96. The predicted octanol–water partition coefficient (Wildman–Crippen LogP) is 1.65. The van der Waals surface area contributed by atoms with Crippen LogP contribution in [0.2, 0.25) is 0 Å². The fourth-order valence-corrected chi connectivity index (χ4v) is 4.14. The van der Waals surface area contributed by atoms with Crippen molar-refractivity contribution in [1.29, 1.82) is 0 Å². The van der Waals surface area contributed by atoms with Crippen LogP contribution < -0.4 is 10.3 Å². The average Bonchev–Trinajstić information content (AvgIpc) is 3.49. The maximum Gasteiger partial charge on any atom is 0.266 e. The minimum Gasteiger partial charge on any atom is -0.477 e. The molecule has 1 aliphatic carbocycles. The van der Waals surface area contributed by atoms with Gasteiger partial charge in [-0.25, -0.2) is 9.36 Å². The summed E-state index contributed by atoms with van der Waals surface area (Å²) in [5.41, 5.74) is 1.57. The number of hydrogen-bond donors (Lipinski definition) is 0. The number of hydrogen-bond acceptors (Lipinski definition) is 5. The first kappa shape index (κ1) is 17.5. The number of aromatic nitrogens is 4. The van der Waals surface area contributed by atoms with Gasteiger partial charge >= 0.3 is 0 Å². The van der Waals surface area contributed by atoms with Crippen molar-refractivity contribution in [1.82, 2.24) is 24.5 Å². The standard InChI is InChI=1S/C20H25N5O3/c26-18-5-4-17(15-2-3-15)22-25(18)13-14-6-9-23(10-7-14)19(27)16-12-21-24-8-1-11-28-20(16)24/h4-5,12,14-15H,1-3,6-11,13H2. The van der Waals surface area contributed by atoms with E-state index in [1.165, 1.54) is 12.8 Å². The van der Waals surface area contributed by atoms with Crippen LogP contribution in [0, 0.1) is 5.92 Å². The normalized spacial score (nSPS) is 19.9. The number of piperidine rings is 1. The van der Waals surface area contributed by atoms with E-state index in [9.17, 15) is 9.59 Å². The molecule has 4 heterocycles. The van der Waals surface area contributed by atoms with Crippen molar-refractivity contribution in [3.63, 3.8) is 0 Å². The van der Waals surface area contributed by atoms with Crippen molar-refractivity contribution in [2.24, 2.45) is 5.92 Å². The number of likely N-dealkylation sites (tertiary alicyclic amines) is 1. The summed E-state index contributed by atoms with van der Waals surface area (Å²) in [5, 5.41) is 8.85. The molecule has 0 atom stereocenters. The molecule has 0 radical (unpaired) electrons. The molecule has 2 aliphatic heterocycles. The van der Waals surface area contributed by atoms with Gasteiger partial charge in [-0.05, 0) is 37.7 Å². The molecular formula is C20H25N5O3. The van der Waals surface area contributed by atoms with Crippen molar-refractivity contribution < 1.29 is 9.53 Å². The number of carbonyl (C=O) groups excluding carboxylic acids is 1. The van der Waals surface area contributed by atoms with E-state index in [0.29, 0.717) is 49.5 Å². The summed E-state index contributed by atoms with van der Waals surface area (Å²) in [6.07, 6.45) is 6.64. The predicted molar refractivity (Wildman–Crippen MR) is 101 cm³/mol. The zero-order valence-corrected chi connectivity index (χ0v) is 15.9. The van der Waals surface area contributed by atoms with E-state index in [1.807, 2.05) is 11.0 Å². The molecule has 8 heteroatoms. The summed E-state index contributed by atoms with van der Waals surface area (Å²) < 4.78 is 9.06. The number of aryl methyl sites for hydroxylation is 1. The van der Waals surface area contributed by atoms with Gasteiger partial charge in [-0.1, -0.05) is 0 Å². The first-order chi connectivity index (χ1) is 13.7. The summed E-state index contributed by atoms with van der Waals surface area (Å²) >= 11 is 0. The molecule has 0 bridgehead atoms. The van der Waals surface area contributed by atoms with Gasteiger partial charge in [0, 0.05) is 44.6 Å². The summed E-state index contributed by atoms with van der Waals surface area (Å²) in [4.78, 5) is 26.9. The first-order valence-electron chi connectivity index (χ1n) is 10.2. The van der Waals surface area contributed by atoms with Gasteiger partial charge in [-0.15, -0.1) is 0 Å². The highest BCUT2D eigenvalue weighted by atomic mass is 16.5. The second-order valence-corrected chi connectivity index (χ2v) is 8.08. The van der Waals surface area contributed by atoms with Crippen LogP contribution in [0.1, 0.15) is 54.1 Å². The van der Waals surface area contributed by atoms with E-state index in [1.54, 1.807) is 21.6 Å². The summed E-state index contributed by atoms with van der Waals surface area (Å²) in [5.74, 6) is 1.50. The zero-order valence-electron chi connectivity index (χ0n) is 15.9.